The van der Waals surface area contributed by atoms with E-state index in [1.807, 2.05) is 37.3 Å². The second kappa shape index (κ2) is 9.13. The maximum absolute atomic E-state index is 13.2. The minimum absolute atomic E-state index is 0.0386. The summed E-state index contributed by atoms with van der Waals surface area (Å²) in [5.41, 5.74) is 2.48. The van der Waals surface area contributed by atoms with Crippen molar-refractivity contribution in [3.63, 3.8) is 0 Å². The number of hydrogen-bond acceptors (Lipinski definition) is 5. The summed E-state index contributed by atoms with van der Waals surface area (Å²) in [6.45, 7) is 6.71. The standard InChI is InChI=1S/C22H27N5O3/c1-17-4-2-5-18(16-17)24-22(29)27-10-8-26(9-11-27)21(28)19-6-3-7-23-20(19)25-12-14-30-15-13-25/h2-7,16H,8-15H2,1H3,(H,24,29). The van der Waals surface area contributed by atoms with Crippen LogP contribution in [0.4, 0.5) is 16.3 Å². The van der Waals surface area contributed by atoms with E-state index in [9.17, 15) is 9.59 Å². The predicted octanol–water partition coefficient (Wildman–Crippen LogP) is 2.22. The van der Waals surface area contributed by atoms with Gasteiger partial charge >= 0.3 is 6.03 Å². The zero-order valence-corrected chi connectivity index (χ0v) is 17.2. The summed E-state index contributed by atoms with van der Waals surface area (Å²) >= 11 is 0. The van der Waals surface area contributed by atoms with Gasteiger partial charge in [0.1, 0.15) is 5.82 Å². The number of aromatic nitrogens is 1. The second-order valence-corrected chi connectivity index (χ2v) is 7.55. The zero-order chi connectivity index (χ0) is 20.9. The van der Waals surface area contributed by atoms with Gasteiger partial charge in [0.25, 0.3) is 5.91 Å². The normalized spacial score (nSPS) is 17.0. The van der Waals surface area contributed by atoms with E-state index in [4.69, 9.17) is 4.74 Å². The van der Waals surface area contributed by atoms with Crippen LogP contribution in [-0.4, -0.2) is 79.2 Å². The van der Waals surface area contributed by atoms with Crippen molar-refractivity contribution >= 4 is 23.4 Å². The minimum Gasteiger partial charge on any atom is -0.378 e. The third-order valence-electron chi connectivity index (χ3n) is 5.45. The third-order valence-corrected chi connectivity index (χ3v) is 5.45. The van der Waals surface area contributed by atoms with Gasteiger partial charge in [0.2, 0.25) is 0 Å². The van der Waals surface area contributed by atoms with Gasteiger partial charge in [0.15, 0.2) is 0 Å². The van der Waals surface area contributed by atoms with Gasteiger partial charge in [-0.1, -0.05) is 12.1 Å². The number of urea groups is 1. The van der Waals surface area contributed by atoms with Crippen molar-refractivity contribution in [2.24, 2.45) is 0 Å². The van der Waals surface area contributed by atoms with Crippen molar-refractivity contribution in [3.05, 3.63) is 53.7 Å². The Hall–Kier alpha value is -3.13. The highest BCUT2D eigenvalue weighted by atomic mass is 16.5. The summed E-state index contributed by atoms with van der Waals surface area (Å²) in [5.74, 6) is 0.675. The average molecular weight is 409 g/mol. The number of aryl methyl sites for hydroxylation is 1. The van der Waals surface area contributed by atoms with Gasteiger partial charge in [0.05, 0.1) is 18.8 Å². The van der Waals surface area contributed by atoms with Crippen molar-refractivity contribution in [2.75, 3.05) is 62.7 Å². The number of carbonyl (C=O) groups excluding carboxylic acids is 2. The summed E-state index contributed by atoms with van der Waals surface area (Å²) in [6.07, 6.45) is 1.72. The summed E-state index contributed by atoms with van der Waals surface area (Å²) < 4.78 is 5.41. The maximum atomic E-state index is 13.2. The molecule has 2 saturated heterocycles. The molecule has 3 amide bonds. The van der Waals surface area contributed by atoms with Gasteiger partial charge in [-0.2, -0.15) is 0 Å². The number of pyridine rings is 1. The molecule has 0 bridgehead atoms. The molecule has 2 aromatic rings. The molecule has 1 aromatic carbocycles. The van der Waals surface area contributed by atoms with Crippen molar-refractivity contribution in [2.45, 2.75) is 6.92 Å². The number of ether oxygens (including phenoxy) is 1. The number of anilines is 2. The molecule has 0 aliphatic carbocycles. The molecule has 30 heavy (non-hydrogen) atoms. The molecular weight excluding hydrogens is 382 g/mol. The third kappa shape index (κ3) is 4.54. The van der Waals surface area contributed by atoms with E-state index in [0.29, 0.717) is 50.8 Å². The first kappa shape index (κ1) is 20.2. The van der Waals surface area contributed by atoms with Crippen molar-refractivity contribution in [1.82, 2.24) is 14.8 Å². The highest BCUT2D eigenvalue weighted by Gasteiger charge is 2.28. The predicted molar refractivity (Wildman–Crippen MR) is 115 cm³/mol. The molecule has 0 atom stereocenters. The number of rotatable bonds is 3. The molecule has 0 spiro atoms. The largest absolute Gasteiger partial charge is 0.378 e. The molecule has 2 aliphatic rings. The molecule has 2 fully saturated rings. The Balaban J connectivity index is 1.37. The minimum atomic E-state index is -0.136. The van der Waals surface area contributed by atoms with Gasteiger partial charge in [-0.3, -0.25) is 4.79 Å². The Morgan fingerprint density at radius 2 is 1.70 bits per heavy atom. The fraction of sp³-hybridized carbons (Fsp3) is 0.409. The van der Waals surface area contributed by atoms with Crippen LogP contribution in [0.3, 0.4) is 0 Å². The Labute approximate surface area is 176 Å². The van der Waals surface area contributed by atoms with Crippen LogP contribution in [-0.2, 0) is 4.74 Å². The molecule has 8 heteroatoms. The quantitative estimate of drug-likeness (QED) is 0.841. The van der Waals surface area contributed by atoms with E-state index < -0.39 is 0 Å². The number of nitrogens with zero attached hydrogens (tertiary/aromatic N) is 4. The van der Waals surface area contributed by atoms with E-state index in [1.54, 1.807) is 22.1 Å². The zero-order valence-electron chi connectivity index (χ0n) is 17.2. The number of nitrogens with one attached hydrogen (secondary N) is 1. The number of carbonyl (C=O) groups is 2. The smallest absolute Gasteiger partial charge is 0.321 e. The van der Waals surface area contributed by atoms with E-state index in [2.05, 4.69) is 15.2 Å². The SMILES string of the molecule is Cc1cccc(NC(=O)N2CCN(C(=O)c3cccnc3N3CCOCC3)CC2)c1. The molecule has 3 heterocycles. The van der Waals surface area contributed by atoms with Gasteiger partial charge in [-0.15, -0.1) is 0 Å². The molecule has 1 N–H and O–H groups in total. The molecular formula is C22H27N5O3. The van der Waals surface area contributed by atoms with Gasteiger partial charge < -0.3 is 24.8 Å². The van der Waals surface area contributed by atoms with Crippen LogP contribution in [0.15, 0.2) is 42.6 Å². The van der Waals surface area contributed by atoms with Gasteiger partial charge in [0, 0.05) is 51.2 Å². The van der Waals surface area contributed by atoms with E-state index in [0.717, 1.165) is 24.3 Å². The van der Waals surface area contributed by atoms with E-state index >= 15 is 0 Å². The Morgan fingerprint density at radius 1 is 0.967 bits per heavy atom. The van der Waals surface area contributed by atoms with Crippen LogP contribution in [0.25, 0.3) is 0 Å². The molecule has 1 aromatic heterocycles. The first-order chi connectivity index (χ1) is 14.6. The lowest BCUT2D eigenvalue weighted by Crippen LogP contribution is -2.52. The highest BCUT2D eigenvalue weighted by Crippen LogP contribution is 2.21. The molecule has 158 valence electrons. The molecule has 2 aliphatic heterocycles. The van der Waals surface area contributed by atoms with Crippen LogP contribution in [0, 0.1) is 6.92 Å². The van der Waals surface area contributed by atoms with Crippen molar-refractivity contribution < 1.29 is 14.3 Å². The maximum Gasteiger partial charge on any atom is 0.321 e. The Bertz CT molecular complexity index is 905. The first-order valence-corrected chi connectivity index (χ1v) is 10.3. The van der Waals surface area contributed by atoms with Crippen LogP contribution in [0.5, 0.6) is 0 Å². The van der Waals surface area contributed by atoms with Gasteiger partial charge in [-0.05, 0) is 36.8 Å². The molecule has 4 rings (SSSR count). The molecule has 0 saturated carbocycles. The number of amides is 3. The van der Waals surface area contributed by atoms with E-state index in [-0.39, 0.29) is 11.9 Å². The molecule has 8 nitrogen and oxygen atoms in total. The summed E-state index contributed by atoms with van der Waals surface area (Å²) in [5, 5.41) is 2.94. The first-order valence-electron chi connectivity index (χ1n) is 10.3. The van der Waals surface area contributed by atoms with Crippen molar-refractivity contribution in [3.8, 4) is 0 Å². The number of benzene rings is 1. The number of morpholine rings is 1. The summed E-state index contributed by atoms with van der Waals surface area (Å²) in [4.78, 5) is 35.9. The number of hydrogen-bond donors (Lipinski definition) is 1. The summed E-state index contributed by atoms with van der Waals surface area (Å²) in [7, 11) is 0. The highest BCUT2D eigenvalue weighted by molar-refractivity contribution is 5.99. The van der Waals surface area contributed by atoms with Crippen LogP contribution in [0.2, 0.25) is 0 Å². The summed E-state index contributed by atoms with van der Waals surface area (Å²) in [6, 6.07) is 11.2. The number of piperazine rings is 1. The Morgan fingerprint density at radius 3 is 2.43 bits per heavy atom. The molecule has 0 radical (unpaired) electrons. The molecule has 0 unspecified atom stereocenters. The monoisotopic (exact) mass is 409 g/mol. The Kier molecular flexibility index (Phi) is 6.13. The van der Waals surface area contributed by atoms with Crippen molar-refractivity contribution in [1.29, 1.82) is 0 Å². The van der Waals surface area contributed by atoms with Crippen LogP contribution >= 0.6 is 0 Å². The lowest BCUT2D eigenvalue weighted by Gasteiger charge is -2.35. The van der Waals surface area contributed by atoms with Crippen LogP contribution in [0.1, 0.15) is 15.9 Å². The second-order valence-electron chi connectivity index (χ2n) is 7.55. The van der Waals surface area contributed by atoms with E-state index in [1.165, 1.54) is 0 Å². The average Bonchev–Trinajstić information content (AvgIpc) is 2.79. The van der Waals surface area contributed by atoms with Crippen LogP contribution < -0.4 is 10.2 Å². The lowest BCUT2D eigenvalue weighted by atomic mass is 10.2. The fourth-order valence-electron chi connectivity index (χ4n) is 3.80. The fourth-order valence-corrected chi connectivity index (χ4v) is 3.80. The lowest BCUT2D eigenvalue weighted by molar-refractivity contribution is 0.0671. The topological polar surface area (TPSA) is 78.0 Å². The van der Waals surface area contributed by atoms with Gasteiger partial charge in [-0.25, -0.2) is 9.78 Å².